The van der Waals surface area contributed by atoms with Crippen molar-refractivity contribution < 1.29 is 23.8 Å². The third kappa shape index (κ3) is 1.96. The zero-order chi connectivity index (χ0) is 14.3. The van der Waals surface area contributed by atoms with E-state index in [1.165, 1.54) is 12.1 Å². The predicted molar refractivity (Wildman–Crippen MR) is 66.9 cm³/mol. The SMILES string of the molecule is O=C(O)c1cc(-c2c(F)c(Cl)cc3c2OCCO3)n[nH]1. The summed E-state index contributed by atoms with van der Waals surface area (Å²) < 4.78 is 25.0. The Morgan fingerprint density at radius 2 is 2.15 bits per heavy atom. The first kappa shape index (κ1) is 12.7. The number of hydrogen-bond donors (Lipinski definition) is 2. The van der Waals surface area contributed by atoms with E-state index in [2.05, 4.69) is 10.2 Å². The third-order valence-corrected chi connectivity index (χ3v) is 3.06. The van der Waals surface area contributed by atoms with E-state index in [4.69, 9.17) is 26.2 Å². The molecule has 0 spiro atoms. The minimum absolute atomic E-state index is 0.0176. The number of fused-ring (bicyclic) bond motifs is 1. The van der Waals surface area contributed by atoms with Crippen molar-refractivity contribution >= 4 is 17.6 Å². The number of rotatable bonds is 2. The van der Waals surface area contributed by atoms with Gasteiger partial charge in [-0.3, -0.25) is 5.10 Å². The van der Waals surface area contributed by atoms with E-state index in [0.29, 0.717) is 12.4 Å². The van der Waals surface area contributed by atoms with Crippen LogP contribution in [0.3, 0.4) is 0 Å². The minimum atomic E-state index is -1.20. The molecule has 0 unspecified atom stereocenters. The van der Waals surface area contributed by atoms with Crippen LogP contribution in [0.15, 0.2) is 12.1 Å². The smallest absolute Gasteiger partial charge is 0.353 e. The molecule has 0 fully saturated rings. The minimum Gasteiger partial charge on any atom is -0.486 e. The molecule has 0 bridgehead atoms. The molecule has 6 nitrogen and oxygen atoms in total. The van der Waals surface area contributed by atoms with Gasteiger partial charge in [-0.15, -0.1) is 0 Å². The molecular formula is C12H8ClFN2O4. The van der Waals surface area contributed by atoms with E-state index in [-0.39, 0.29) is 34.3 Å². The standard InChI is InChI=1S/C12H8ClFN2O4/c13-5-3-8-11(20-2-1-19-8)9(10(5)14)6-4-7(12(17)18)16-15-6/h3-4H,1-2H2,(H,15,16)(H,17,18). The Hall–Kier alpha value is -2.28. The number of H-pyrrole nitrogens is 1. The first-order valence-electron chi connectivity index (χ1n) is 5.64. The quantitative estimate of drug-likeness (QED) is 0.889. The van der Waals surface area contributed by atoms with Crippen molar-refractivity contribution in [1.82, 2.24) is 10.2 Å². The monoisotopic (exact) mass is 298 g/mol. The molecule has 2 heterocycles. The molecule has 0 atom stereocenters. The van der Waals surface area contributed by atoms with Crippen molar-refractivity contribution in [2.24, 2.45) is 0 Å². The van der Waals surface area contributed by atoms with Gasteiger partial charge in [-0.1, -0.05) is 11.6 Å². The van der Waals surface area contributed by atoms with E-state index in [9.17, 15) is 9.18 Å². The van der Waals surface area contributed by atoms with Gasteiger partial charge in [0.1, 0.15) is 18.9 Å². The lowest BCUT2D eigenvalue weighted by Gasteiger charge is -2.21. The summed E-state index contributed by atoms with van der Waals surface area (Å²) in [4.78, 5) is 10.8. The number of halogens is 2. The summed E-state index contributed by atoms with van der Waals surface area (Å²) in [5.41, 5.74) is -0.0926. The summed E-state index contributed by atoms with van der Waals surface area (Å²) in [6.07, 6.45) is 0. The van der Waals surface area contributed by atoms with Crippen LogP contribution in [0.5, 0.6) is 11.5 Å². The summed E-state index contributed by atoms with van der Waals surface area (Å²) in [7, 11) is 0. The van der Waals surface area contributed by atoms with Crippen LogP contribution in [0.4, 0.5) is 4.39 Å². The van der Waals surface area contributed by atoms with Crippen LogP contribution < -0.4 is 9.47 Å². The number of nitrogens with zero attached hydrogens (tertiary/aromatic N) is 1. The molecule has 20 heavy (non-hydrogen) atoms. The Balaban J connectivity index is 2.20. The number of aromatic nitrogens is 2. The third-order valence-electron chi connectivity index (χ3n) is 2.79. The molecule has 0 saturated heterocycles. The maximum absolute atomic E-state index is 14.2. The van der Waals surface area contributed by atoms with Crippen molar-refractivity contribution in [2.45, 2.75) is 0 Å². The summed E-state index contributed by atoms with van der Waals surface area (Å²) in [6.45, 7) is 0.590. The number of hydrogen-bond acceptors (Lipinski definition) is 4. The highest BCUT2D eigenvalue weighted by molar-refractivity contribution is 6.31. The average molecular weight is 299 g/mol. The second-order valence-corrected chi connectivity index (χ2v) is 4.45. The van der Waals surface area contributed by atoms with Crippen LogP contribution >= 0.6 is 11.6 Å². The van der Waals surface area contributed by atoms with Crippen molar-refractivity contribution in [3.8, 4) is 22.8 Å². The highest BCUT2D eigenvalue weighted by atomic mass is 35.5. The first-order valence-corrected chi connectivity index (χ1v) is 6.02. The molecule has 2 aromatic rings. The lowest BCUT2D eigenvalue weighted by atomic mass is 10.1. The summed E-state index contributed by atoms with van der Waals surface area (Å²) in [5, 5.41) is 14.8. The van der Waals surface area contributed by atoms with Crippen LogP contribution in [0.2, 0.25) is 5.02 Å². The Bertz CT molecular complexity index is 701. The van der Waals surface area contributed by atoms with E-state index in [1.54, 1.807) is 0 Å². The topological polar surface area (TPSA) is 84.4 Å². The molecule has 0 radical (unpaired) electrons. The second kappa shape index (κ2) is 4.68. The number of carboxylic acids is 1. The summed E-state index contributed by atoms with van der Waals surface area (Å²) >= 11 is 5.81. The van der Waals surface area contributed by atoms with E-state index < -0.39 is 11.8 Å². The molecule has 2 N–H and O–H groups in total. The van der Waals surface area contributed by atoms with Gasteiger partial charge in [-0.2, -0.15) is 5.10 Å². The Labute approximate surface area is 117 Å². The van der Waals surface area contributed by atoms with Gasteiger partial charge >= 0.3 is 5.97 Å². The van der Waals surface area contributed by atoms with Gasteiger partial charge in [0.05, 0.1) is 16.3 Å². The van der Waals surface area contributed by atoms with Gasteiger partial charge in [0.15, 0.2) is 17.3 Å². The van der Waals surface area contributed by atoms with Crippen molar-refractivity contribution in [1.29, 1.82) is 0 Å². The molecule has 1 aliphatic rings. The van der Waals surface area contributed by atoms with Crippen LogP contribution in [-0.4, -0.2) is 34.5 Å². The number of aromatic carboxylic acids is 1. The summed E-state index contributed by atoms with van der Waals surface area (Å²) in [6, 6.07) is 2.52. The Morgan fingerprint density at radius 3 is 2.85 bits per heavy atom. The molecule has 1 aromatic heterocycles. The van der Waals surface area contributed by atoms with Crippen LogP contribution in [0.1, 0.15) is 10.5 Å². The number of nitrogens with one attached hydrogen (secondary N) is 1. The normalized spacial score (nSPS) is 13.3. The van der Waals surface area contributed by atoms with E-state index in [0.717, 1.165) is 0 Å². The molecule has 104 valence electrons. The van der Waals surface area contributed by atoms with Gasteiger partial charge < -0.3 is 14.6 Å². The molecule has 3 rings (SSSR count). The van der Waals surface area contributed by atoms with Crippen molar-refractivity contribution in [2.75, 3.05) is 13.2 Å². The van der Waals surface area contributed by atoms with Gasteiger partial charge in [-0.25, -0.2) is 9.18 Å². The average Bonchev–Trinajstić information content (AvgIpc) is 2.90. The highest BCUT2D eigenvalue weighted by Crippen LogP contribution is 2.44. The predicted octanol–water partition coefficient (Wildman–Crippen LogP) is 2.34. The molecule has 8 heteroatoms. The zero-order valence-corrected chi connectivity index (χ0v) is 10.7. The molecule has 1 aromatic carbocycles. The second-order valence-electron chi connectivity index (χ2n) is 4.04. The van der Waals surface area contributed by atoms with E-state index >= 15 is 0 Å². The van der Waals surface area contributed by atoms with Gasteiger partial charge in [0, 0.05) is 6.07 Å². The van der Waals surface area contributed by atoms with Crippen molar-refractivity contribution in [3.05, 3.63) is 28.7 Å². The van der Waals surface area contributed by atoms with Gasteiger partial charge in [0.25, 0.3) is 0 Å². The maximum Gasteiger partial charge on any atom is 0.353 e. The van der Waals surface area contributed by atoms with Crippen LogP contribution in [0, 0.1) is 5.82 Å². The molecule has 1 aliphatic heterocycles. The lowest BCUT2D eigenvalue weighted by Crippen LogP contribution is -2.16. The number of carbonyl (C=O) groups is 1. The molecule has 0 saturated carbocycles. The number of ether oxygens (including phenoxy) is 2. The summed E-state index contributed by atoms with van der Waals surface area (Å²) in [5.74, 6) is -1.46. The van der Waals surface area contributed by atoms with E-state index in [1.807, 2.05) is 0 Å². The fraction of sp³-hybridized carbons (Fsp3) is 0.167. The Morgan fingerprint density at radius 1 is 1.40 bits per heavy atom. The Kier molecular flexibility index (Phi) is 2.98. The number of benzene rings is 1. The lowest BCUT2D eigenvalue weighted by molar-refractivity contribution is 0.0690. The zero-order valence-electron chi connectivity index (χ0n) is 9.94. The largest absolute Gasteiger partial charge is 0.486 e. The molecule has 0 amide bonds. The first-order chi connectivity index (χ1) is 9.58. The molecular weight excluding hydrogens is 291 g/mol. The fourth-order valence-corrected chi connectivity index (χ4v) is 2.11. The highest BCUT2D eigenvalue weighted by Gasteiger charge is 2.26. The fourth-order valence-electron chi connectivity index (χ4n) is 1.92. The number of aromatic amines is 1. The van der Waals surface area contributed by atoms with Crippen molar-refractivity contribution in [3.63, 3.8) is 0 Å². The van der Waals surface area contributed by atoms with Gasteiger partial charge in [0.2, 0.25) is 0 Å². The van der Waals surface area contributed by atoms with Gasteiger partial charge in [-0.05, 0) is 6.07 Å². The van der Waals surface area contributed by atoms with Crippen LogP contribution in [-0.2, 0) is 0 Å². The maximum atomic E-state index is 14.2. The number of carboxylic acid groups (broad SMARTS) is 1. The van der Waals surface area contributed by atoms with Crippen LogP contribution in [0.25, 0.3) is 11.3 Å². The molecule has 0 aliphatic carbocycles.